The van der Waals surface area contributed by atoms with E-state index in [4.69, 9.17) is 10.5 Å². The summed E-state index contributed by atoms with van der Waals surface area (Å²) in [7, 11) is 1.59. The van der Waals surface area contributed by atoms with Crippen LogP contribution in [-0.2, 0) is 0 Å². The second-order valence-corrected chi connectivity index (χ2v) is 4.99. The third-order valence-electron chi connectivity index (χ3n) is 3.67. The van der Waals surface area contributed by atoms with E-state index in [1.54, 1.807) is 25.3 Å². The molecule has 2 aromatic rings. The molecule has 3 heteroatoms. The van der Waals surface area contributed by atoms with E-state index in [-0.39, 0.29) is 5.78 Å². The van der Waals surface area contributed by atoms with Crippen LogP contribution in [0.25, 0.3) is 0 Å². The van der Waals surface area contributed by atoms with Gasteiger partial charge in [0.25, 0.3) is 0 Å². The van der Waals surface area contributed by atoms with Crippen molar-refractivity contribution in [2.75, 3.05) is 12.8 Å². The number of carbonyl (C=O) groups is 1. The van der Waals surface area contributed by atoms with Crippen LogP contribution < -0.4 is 10.5 Å². The molecule has 0 saturated heterocycles. The van der Waals surface area contributed by atoms with E-state index in [1.165, 1.54) is 0 Å². The SMILES string of the molecule is COc1c(C(=O)c2ccc(C)c(N)c2)ccc(C)c1C. The molecule has 0 amide bonds. The van der Waals surface area contributed by atoms with Crippen LogP contribution >= 0.6 is 0 Å². The summed E-state index contributed by atoms with van der Waals surface area (Å²) in [5.41, 5.74) is 10.7. The maximum atomic E-state index is 12.6. The summed E-state index contributed by atoms with van der Waals surface area (Å²) in [4.78, 5) is 12.6. The molecule has 20 heavy (non-hydrogen) atoms. The van der Waals surface area contributed by atoms with Gasteiger partial charge in [-0.25, -0.2) is 0 Å². The predicted octanol–water partition coefficient (Wildman–Crippen LogP) is 3.43. The van der Waals surface area contributed by atoms with Crippen molar-refractivity contribution in [2.45, 2.75) is 20.8 Å². The van der Waals surface area contributed by atoms with E-state index in [0.29, 0.717) is 22.6 Å². The summed E-state index contributed by atoms with van der Waals surface area (Å²) >= 11 is 0. The number of anilines is 1. The van der Waals surface area contributed by atoms with Crippen LogP contribution in [0.15, 0.2) is 30.3 Å². The second-order valence-electron chi connectivity index (χ2n) is 4.99. The minimum absolute atomic E-state index is 0.0725. The maximum absolute atomic E-state index is 12.6. The highest BCUT2D eigenvalue weighted by Gasteiger charge is 2.17. The lowest BCUT2D eigenvalue weighted by Gasteiger charge is -2.13. The summed E-state index contributed by atoms with van der Waals surface area (Å²) in [5.74, 6) is 0.561. The highest BCUT2D eigenvalue weighted by Crippen LogP contribution is 2.28. The molecule has 2 rings (SSSR count). The highest BCUT2D eigenvalue weighted by molar-refractivity contribution is 6.11. The van der Waals surface area contributed by atoms with E-state index in [0.717, 1.165) is 16.7 Å². The molecule has 0 fully saturated rings. The summed E-state index contributed by atoms with van der Waals surface area (Å²) in [6, 6.07) is 9.10. The minimum atomic E-state index is -0.0725. The molecule has 0 spiro atoms. The molecule has 0 radical (unpaired) electrons. The molecule has 2 aromatic carbocycles. The van der Waals surface area contributed by atoms with Gasteiger partial charge in [-0.1, -0.05) is 18.2 Å². The first-order valence-electron chi connectivity index (χ1n) is 6.50. The molecule has 0 heterocycles. The van der Waals surface area contributed by atoms with Gasteiger partial charge in [0.2, 0.25) is 0 Å². The maximum Gasteiger partial charge on any atom is 0.196 e. The van der Waals surface area contributed by atoms with E-state index in [1.807, 2.05) is 32.9 Å². The third-order valence-corrected chi connectivity index (χ3v) is 3.67. The number of ketones is 1. The minimum Gasteiger partial charge on any atom is -0.496 e. The van der Waals surface area contributed by atoms with Gasteiger partial charge in [0.05, 0.1) is 12.7 Å². The van der Waals surface area contributed by atoms with Crippen LogP contribution in [-0.4, -0.2) is 12.9 Å². The van der Waals surface area contributed by atoms with Crippen LogP contribution in [0.3, 0.4) is 0 Å². The lowest BCUT2D eigenvalue weighted by atomic mass is 9.96. The molecule has 0 aliphatic heterocycles. The fourth-order valence-corrected chi connectivity index (χ4v) is 2.17. The van der Waals surface area contributed by atoms with Gasteiger partial charge in [0.15, 0.2) is 5.78 Å². The van der Waals surface area contributed by atoms with Gasteiger partial charge in [-0.05, 0) is 49.6 Å². The van der Waals surface area contributed by atoms with Gasteiger partial charge in [0.1, 0.15) is 5.75 Å². The Balaban J connectivity index is 2.53. The third kappa shape index (κ3) is 2.39. The van der Waals surface area contributed by atoms with Crippen LogP contribution in [0.4, 0.5) is 5.69 Å². The van der Waals surface area contributed by atoms with Crippen molar-refractivity contribution in [1.29, 1.82) is 0 Å². The number of ether oxygens (including phenoxy) is 1. The van der Waals surface area contributed by atoms with Crippen molar-refractivity contribution in [3.8, 4) is 5.75 Å². The Morgan fingerprint density at radius 1 is 1.05 bits per heavy atom. The number of carbonyl (C=O) groups excluding carboxylic acids is 1. The Morgan fingerprint density at radius 2 is 1.70 bits per heavy atom. The smallest absolute Gasteiger partial charge is 0.196 e. The van der Waals surface area contributed by atoms with E-state index in [2.05, 4.69) is 0 Å². The molecule has 0 aromatic heterocycles. The number of benzene rings is 2. The molecule has 3 nitrogen and oxygen atoms in total. The molecular formula is C17H19NO2. The van der Waals surface area contributed by atoms with E-state index < -0.39 is 0 Å². The number of hydrogen-bond acceptors (Lipinski definition) is 3. The number of nitrogen functional groups attached to an aromatic ring is 1. The Hall–Kier alpha value is -2.29. The number of methoxy groups -OCH3 is 1. The molecule has 2 N–H and O–H groups in total. The monoisotopic (exact) mass is 269 g/mol. The van der Waals surface area contributed by atoms with Gasteiger partial charge in [-0.2, -0.15) is 0 Å². The van der Waals surface area contributed by atoms with Gasteiger partial charge >= 0.3 is 0 Å². The molecular weight excluding hydrogens is 250 g/mol. The average Bonchev–Trinajstić information content (AvgIpc) is 2.44. The van der Waals surface area contributed by atoms with E-state index in [9.17, 15) is 4.79 Å². The first kappa shape index (κ1) is 14.1. The Morgan fingerprint density at radius 3 is 2.30 bits per heavy atom. The summed E-state index contributed by atoms with van der Waals surface area (Å²) < 4.78 is 5.40. The van der Waals surface area contributed by atoms with Crippen molar-refractivity contribution in [2.24, 2.45) is 0 Å². The average molecular weight is 269 g/mol. The zero-order valence-electron chi connectivity index (χ0n) is 12.3. The fourth-order valence-electron chi connectivity index (χ4n) is 2.17. The molecule has 0 saturated carbocycles. The van der Waals surface area contributed by atoms with Crippen molar-refractivity contribution >= 4 is 11.5 Å². The number of aryl methyl sites for hydroxylation is 2. The summed E-state index contributed by atoms with van der Waals surface area (Å²) in [6.07, 6.45) is 0. The molecule has 0 unspecified atom stereocenters. The summed E-state index contributed by atoms with van der Waals surface area (Å²) in [5, 5.41) is 0. The molecule has 0 atom stereocenters. The van der Waals surface area contributed by atoms with Crippen LogP contribution in [0.2, 0.25) is 0 Å². The molecule has 0 aliphatic rings. The first-order valence-corrected chi connectivity index (χ1v) is 6.50. The van der Waals surface area contributed by atoms with Crippen LogP contribution in [0, 0.1) is 20.8 Å². The van der Waals surface area contributed by atoms with Crippen molar-refractivity contribution < 1.29 is 9.53 Å². The Kier molecular flexibility index (Phi) is 3.79. The first-order chi connectivity index (χ1) is 9.45. The quantitative estimate of drug-likeness (QED) is 0.686. The standard InChI is InChI=1S/C17H19NO2/c1-10-6-8-14(17(20-4)12(10)3)16(19)13-7-5-11(2)15(18)9-13/h5-9H,18H2,1-4H3. The van der Waals surface area contributed by atoms with Crippen LogP contribution in [0.1, 0.15) is 32.6 Å². The van der Waals surface area contributed by atoms with Gasteiger partial charge in [-0.3, -0.25) is 4.79 Å². The van der Waals surface area contributed by atoms with Crippen molar-refractivity contribution in [3.63, 3.8) is 0 Å². The second kappa shape index (κ2) is 5.37. The van der Waals surface area contributed by atoms with E-state index >= 15 is 0 Å². The topological polar surface area (TPSA) is 52.3 Å². The highest BCUT2D eigenvalue weighted by atomic mass is 16.5. The van der Waals surface area contributed by atoms with Gasteiger partial charge < -0.3 is 10.5 Å². The van der Waals surface area contributed by atoms with Gasteiger partial charge in [0, 0.05) is 11.3 Å². The Labute approximate surface area is 119 Å². The molecule has 104 valence electrons. The molecule has 0 bridgehead atoms. The lowest BCUT2D eigenvalue weighted by Crippen LogP contribution is -2.07. The fraction of sp³-hybridized carbons (Fsp3) is 0.235. The normalized spacial score (nSPS) is 10.4. The number of rotatable bonds is 3. The lowest BCUT2D eigenvalue weighted by molar-refractivity contribution is 0.103. The van der Waals surface area contributed by atoms with Crippen molar-refractivity contribution in [1.82, 2.24) is 0 Å². The van der Waals surface area contributed by atoms with Gasteiger partial charge in [-0.15, -0.1) is 0 Å². The predicted molar refractivity (Wildman–Crippen MR) is 81.5 cm³/mol. The number of hydrogen-bond donors (Lipinski definition) is 1. The van der Waals surface area contributed by atoms with Crippen molar-refractivity contribution in [3.05, 3.63) is 58.1 Å². The molecule has 0 aliphatic carbocycles. The largest absolute Gasteiger partial charge is 0.496 e. The summed E-state index contributed by atoms with van der Waals surface area (Å²) in [6.45, 7) is 5.87. The zero-order valence-corrected chi connectivity index (χ0v) is 12.3. The number of nitrogens with two attached hydrogens (primary N) is 1. The zero-order chi connectivity index (χ0) is 14.9. The Bertz CT molecular complexity index is 675. The van der Waals surface area contributed by atoms with Crippen LogP contribution in [0.5, 0.6) is 5.75 Å².